The Balaban J connectivity index is 0.000000181. The van der Waals surface area contributed by atoms with Gasteiger partial charge in [0.15, 0.2) is 0 Å². The molecule has 0 saturated carbocycles. The Morgan fingerprint density at radius 2 is 1.49 bits per heavy atom. The number of hydrogen-bond donors (Lipinski definition) is 3. The lowest BCUT2D eigenvalue weighted by atomic mass is 10.1. The summed E-state index contributed by atoms with van der Waals surface area (Å²) in [4.78, 5) is 36.8. The van der Waals surface area contributed by atoms with Gasteiger partial charge in [0.2, 0.25) is 0 Å². The number of rotatable bonds is 6. The Hall–Kier alpha value is -5.58. The van der Waals surface area contributed by atoms with Crippen molar-refractivity contribution in [2.45, 2.75) is 13.1 Å². The van der Waals surface area contributed by atoms with Crippen LogP contribution < -0.4 is 16.4 Å². The highest BCUT2D eigenvalue weighted by Gasteiger charge is 2.16. The van der Waals surface area contributed by atoms with E-state index in [0.29, 0.717) is 23.4 Å². The Labute approximate surface area is 223 Å². The van der Waals surface area contributed by atoms with Crippen molar-refractivity contribution >= 4 is 34.5 Å². The number of carbonyl (C=O) groups excluding carboxylic acids is 1. The van der Waals surface area contributed by atoms with E-state index in [1.165, 1.54) is 24.3 Å². The van der Waals surface area contributed by atoms with Gasteiger partial charge in [0, 0.05) is 64.4 Å². The lowest BCUT2D eigenvalue weighted by Gasteiger charge is -2.18. The molecule has 0 aliphatic carbocycles. The van der Waals surface area contributed by atoms with E-state index in [4.69, 9.17) is 5.73 Å². The minimum Gasteiger partial charge on any atom is -0.398 e. The van der Waals surface area contributed by atoms with Crippen molar-refractivity contribution in [1.29, 1.82) is 0 Å². The quantitative estimate of drug-likeness (QED) is 0.180. The first-order chi connectivity index (χ1) is 18.8. The number of non-ortho nitro benzene ring substituents is 2. The number of nitrogens with one attached hydrogen (secondary N) is 2. The van der Waals surface area contributed by atoms with Crippen LogP contribution in [0.2, 0.25) is 0 Å². The summed E-state index contributed by atoms with van der Waals surface area (Å²) in [5.74, 6) is 0.540. The number of nitrogens with two attached hydrogens (primary N) is 1. The number of nitrogen functional groups attached to an aromatic ring is 1. The molecule has 1 heterocycles. The van der Waals surface area contributed by atoms with Gasteiger partial charge < -0.3 is 16.4 Å². The molecule has 0 bridgehead atoms. The van der Waals surface area contributed by atoms with Gasteiger partial charge in [-0.15, -0.1) is 0 Å². The maximum absolute atomic E-state index is 11.9. The van der Waals surface area contributed by atoms with E-state index in [1.54, 1.807) is 36.4 Å². The second-order valence-corrected chi connectivity index (χ2v) is 8.44. The van der Waals surface area contributed by atoms with E-state index < -0.39 is 9.85 Å². The molecule has 0 radical (unpaired) electrons. The molecule has 1 aliphatic heterocycles. The van der Waals surface area contributed by atoms with Crippen molar-refractivity contribution in [2.24, 2.45) is 4.99 Å². The van der Waals surface area contributed by atoms with Gasteiger partial charge in [0.1, 0.15) is 5.84 Å². The Morgan fingerprint density at radius 3 is 2.15 bits per heavy atom. The second-order valence-electron chi connectivity index (χ2n) is 8.44. The van der Waals surface area contributed by atoms with Gasteiger partial charge in [-0.2, -0.15) is 0 Å². The van der Waals surface area contributed by atoms with Crippen LogP contribution in [0.4, 0.5) is 22.7 Å². The zero-order valence-electron chi connectivity index (χ0n) is 20.6. The van der Waals surface area contributed by atoms with Gasteiger partial charge in [-0.3, -0.25) is 30.0 Å². The first kappa shape index (κ1) is 26.5. The number of benzene rings is 4. The van der Waals surface area contributed by atoms with E-state index in [2.05, 4.69) is 15.6 Å². The fourth-order valence-corrected chi connectivity index (χ4v) is 3.76. The fraction of sp³-hybridized carbons (Fsp3) is 0.0714. The van der Waals surface area contributed by atoms with Crippen LogP contribution >= 0.6 is 0 Å². The molecule has 0 saturated heterocycles. The maximum Gasteiger partial charge on any atom is 0.269 e. The third-order valence-electron chi connectivity index (χ3n) is 5.82. The summed E-state index contributed by atoms with van der Waals surface area (Å²) in [7, 11) is 0. The van der Waals surface area contributed by atoms with Crippen molar-refractivity contribution in [3.05, 3.63) is 140 Å². The lowest BCUT2D eigenvalue weighted by molar-refractivity contribution is -0.385. The van der Waals surface area contributed by atoms with Gasteiger partial charge in [-0.1, -0.05) is 48.5 Å². The summed E-state index contributed by atoms with van der Waals surface area (Å²) in [5.41, 5.74) is 9.95. The first-order valence-corrected chi connectivity index (χ1v) is 11.8. The van der Waals surface area contributed by atoms with Crippen molar-refractivity contribution in [1.82, 2.24) is 5.32 Å². The minimum atomic E-state index is -0.498. The topological polar surface area (TPSA) is 166 Å². The average Bonchev–Trinajstić information content (AvgIpc) is 2.97. The predicted octanol–water partition coefficient (Wildman–Crippen LogP) is 5.07. The summed E-state index contributed by atoms with van der Waals surface area (Å²) in [5, 5.41) is 27.3. The Bertz CT molecular complexity index is 1540. The molecule has 4 N–H and O–H groups in total. The standard InChI is InChI=1S/C14H13N3O3.C14H11N3O2/c15-13-7-6-12(17(19)20)8-11(13)9-16-14(18)10-4-2-1-3-5-10;18-17(19)12-6-7-13-11(8-12)9-15-14(16-13)10-4-2-1-3-5-10/h1-8H,9,15H2,(H,16,18);1-8H,9H2,(H,15,16). The molecule has 0 atom stereocenters. The van der Waals surface area contributed by atoms with Crippen LogP contribution in [0, 0.1) is 20.2 Å². The van der Waals surface area contributed by atoms with E-state index in [1.807, 2.05) is 36.4 Å². The van der Waals surface area contributed by atoms with Gasteiger partial charge in [0.05, 0.1) is 16.4 Å². The third-order valence-corrected chi connectivity index (χ3v) is 5.82. The summed E-state index contributed by atoms with van der Waals surface area (Å²) < 4.78 is 0. The van der Waals surface area contributed by atoms with Crippen molar-refractivity contribution in [3.8, 4) is 0 Å². The van der Waals surface area contributed by atoms with Gasteiger partial charge >= 0.3 is 0 Å². The van der Waals surface area contributed by atoms with Gasteiger partial charge in [-0.25, -0.2) is 0 Å². The zero-order valence-corrected chi connectivity index (χ0v) is 20.6. The van der Waals surface area contributed by atoms with Crippen LogP contribution in [0.3, 0.4) is 0 Å². The molecule has 1 aliphatic rings. The second kappa shape index (κ2) is 12.1. The van der Waals surface area contributed by atoms with E-state index in [9.17, 15) is 25.0 Å². The van der Waals surface area contributed by atoms with Crippen LogP contribution in [-0.4, -0.2) is 21.6 Å². The molecular formula is C28H24N6O5. The number of nitrogens with zero attached hydrogens (tertiary/aromatic N) is 3. The van der Waals surface area contributed by atoms with Gasteiger partial charge in [-0.05, 0) is 24.3 Å². The Kier molecular flexibility index (Phi) is 8.22. The molecule has 0 unspecified atom stereocenters. The molecule has 11 nitrogen and oxygen atoms in total. The third kappa shape index (κ3) is 6.80. The SMILES string of the molecule is Nc1ccc([N+](=O)[O-])cc1CNC(=O)c1ccccc1.O=[N+]([O-])c1ccc2c(c1)CN=C(c1ccccc1)N2. The molecular weight excluding hydrogens is 500 g/mol. The molecule has 0 spiro atoms. The van der Waals surface area contributed by atoms with Gasteiger partial charge in [0.25, 0.3) is 17.3 Å². The van der Waals surface area contributed by atoms with Crippen LogP contribution in [0.5, 0.6) is 0 Å². The predicted molar refractivity (Wildman–Crippen MR) is 149 cm³/mol. The summed E-state index contributed by atoms with van der Waals surface area (Å²) >= 11 is 0. The van der Waals surface area contributed by atoms with E-state index in [-0.39, 0.29) is 23.8 Å². The number of aliphatic imine (C=N–C) groups is 1. The fourth-order valence-electron chi connectivity index (χ4n) is 3.76. The largest absolute Gasteiger partial charge is 0.398 e. The molecule has 0 fully saturated rings. The molecule has 5 rings (SSSR count). The van der Waals surface area contributed by atoms with Crippen molar-refractivity contribution < 1.29 is 14.6 Å². The van der Waals surface area contributed by atoms with Crippen molar-refractivity contribution in [3.63, 3.8) is 0 Å². The number of hydrogen-bond acceptors (Lipinski definition) is 8. The van der Waals surface area contributed by atoms with Crippen molar-refractivity contribution in [2.75, 3.05) is 11.1 Å². The van der Waals surface area contributed by atoms with Crippen LogP contribution in [-0.2, 0) is 13.1 Å². The number of amides is 1. The molecule has 11 heteroatoms. The smallest absolute Gasteiger partial charge is 0.269 e. The van der Waals surface area contributed by atoms with Crippen LogP contribution in [0.15, 0.2) is 102 Å². The lowest BCUT2D eigenvalue weighted by Crippen LogP contribution is -2.23. The highest BCUT2D eigenvalue weighted by Crippen LogP contribution is 2.26. The zero-order chi connectivity index (χ0) is 27.8. The summed E-state index contributed by atoms with van der Waals surface area (Å²) in [6, 6.07) is 27.4. The van der Waals surface area contributed by atoms with Crippen LogP contribution in [0.1, 0.15) is 27.0 Å². The molecule has 39 heavy (non-hydrogen) atoms. The highest BCUT2D eigenvalue weighted by molar-refractivity contribution is 6.09. The number of amidine groups is 1. The number of anilines is 2. The van der Waals surface area contributed by atoms with Crippen LogP contribution in [0.25, 0.3) is 0 Å². The monoisotopic (exact) mass is 524 g/mol. The number of fused-ring (bicyclic) bond motifs is 1. The summed E-state index contributed by atoms with van der Waals surface area (Å²) in [6.07, 6.45) is 0. The minimum absolute atomic E-state index is 0.0526. The molecule has 196 valence electrons. The number of nitro benzene ring substituents is 2. The Morgan fingerprint density at radius 1 is 0.872 bits per heavy atom. The molecule has 1 amide bonds. The molecule has 4 aromatic carbocycles. The number of carbonyl (C=O) groups is 1. The number of nitro groups is 2. The first-order valence-electron chi connectivity index (χ1n) is 11.8. The normalized spacial score (nSPS) is 11.5. The average molecular weight is 525 g/mol. The molecule has 4 aromatic rings. The maximum atomic E-state index is 11.9. The summed E-state index contributed by atoms with van der Waals surface area (Å²) in [6.45, 7) is 0.593. The highest BCUT2D eigenvalue weighted by atomic mass is 16.6. The molecule has 0 aromatic heterocycles. The van der Waals surface area contributed by atoms with E-state index in [0.717, 1.165) is 22.6 Å². The van der Waals surface area contributed by atoms with E-state index >= 15 is 0 Å².